The lowest BCUT2D eigenvalue weighted by molar-refractivity contribution is -0.136. The van der Waals surface area contributed by atoms with Crippen molar-refractivity contribution in [3.63, 3.8) is 0 Å². The third kappa shape index (κ3) is 4.46. The minimum absolute atomic E-state index is 0.129. The number of carbonyl (C=O) groups is 3. The number of anilines is 1. The summed E-state index contributed by atoms with van der Waals surface area (Å²) < 4.78 is 16.6. The second kappa shape index (κ2) is 8.35. The molecule has 2 N–H and O–H groups in total. The molecule has 12 heteroatoms. The van der Waals surface area contributed by atoms with E-state index in [1.807, 2.05) is 0 Å². The number of nitrogens with zero attached hydrogens (tertiary/aromatic N) is 3. The van der Waals surface area contributed by atoms with E-state index in [1.165, 1.54) is 30.1 Å². The van der Waals surface area contributed by atoms with Gasteiger partial charge in [0.05, 0.1) is 41.4 Å². The van der Waals surface area contributed by atoms with Crippen LogP contribution in [0.2, 0.25) is 0 Å². The van der Waals surface area contributed by atoms with Gasteiger partial charge in [-0.15, -0.1) is 11.3 Å². The Morgan fingerprint density at radius 2 is 2.25 bits per heavy atom. The molecule has 1 atom stereocenters. The van der Waals surface area contributed by atoms with Crippen molar-refractivity contribution in [1.29, 1.82) is 0 Å². The molecule has 10 nitrogen and oxygen atoms in total. The van der Waals surface area contributed by atoms with Gasteiger partial charge in [0, 0.05) is 12.3 Å². The van der Waals surface area contributed by atoms with E-state index in [0.717, 1.165) is 9.91 Å². The molecule has 0 saturated carbocycles. The Bertz CT molecular complexity index is 966. The second-order valence-corrected chi connectivity index (χ2v) is 8.01. The molecule has 2 aromatic heterocycles. The van der Waals surface area contributed by atoms with Crippen LogP contribution in [0.5, 0.6) is 0 Å². The summed E-state index contributed by atoms with van der Waals surface area (Å²) >= 11 is 1.18. The molecule has 28 heavy (non-hydrogen) atoms. The lowest BCUT2D eigenvalue weighted by Gasteiger charge is -2.14. The van der Waals surface area contributed by atoms with E-state index < -0.39 is 28.8 Å². The molecule has 0 bridgehead atoms. The van der Waals surface area contributed by atoms with Gasteiger partial charge in [0.25, 0.3) is 0 Å². The first-order chi connectivity index (χ1) is 13.3. The second-order valence-electron chi connectivity index (χ2n) is 5.72. The highest BCUT2D eigenvalue weighted by Crippen LogP contribution is 2.25. The fourth-order valence-corrected chi connectivity index (χ4v) is 3.68. The van der Waals surface area contributed by atoms with E-state index >= 15 is 0 Å². The minimum Gasteiger partial charge on any atom is -0.481 e. The molecule has 3 rings (SSSR count). The summed E-state index contributed by atoms with van der Waals surface area (Å²) in [4.78, 5) is 37.1. The summed E-state index contributed by atoms with van der Waals surface area (Å²) in [6, 6.07) is 1.89. The zero-order valence-corrected chi connectivity index (χ0v) is 16.3. The molecule has 4 amide bonds. The van der Waals surface area contributed by atoms with Gasteiger partial charge in [-0.2, -0.15) is 5.10 Å². The standard InChI is InChI=1S/C16H16N4O6S2/c1-28(25)12-7-11(26-9-12)8-17-20-4-3-19(16(20)24)15(23)18-14-10(2-5-27-14)6-13(21)22/h2,5,7-9H,3-4,6H2,1H3,(H,18,23)(H,21,22). The van der Waals surface area contributed by atoms with Crippen LogP contribution in [0.15, 0.2) is 38.2 Å². The normalized spacial score (nSPS) is 15.4. The number of carboxylic acid groups (broad SMARTS) is 1. The molecular weight excluding hydrogens is 408 g/mol. The number of thiophene rings is 1. The highest BCUT2D eigenvalue weighted by molar-refractivity contribution is 7.84. The number of carboxylic acids is 1. The third-order valence-corrected chi connectivity index (χ3v) is 5.54. The maximum Gasteiger partial charge on any atom is 0.348 e. The molecule has 0 radical (unpaired) electrons. The Kier molecular flexibility index (Phi) is 5.90. The van der Waals surface area contributed by atoms with Crippen molar-refractivity contribution in [2.45, 2.75) is 11.3 Å². The first kappa shape index (κ1) is 19.8. The number of furan rings is 1. The molecule has 3 heterocycles. The average molecular weight is 424 g/mol. The van der Waals surface area contributed by atoms with Crippen molar-refractivity contribution < 1.29 is 28.1 Å². The molecule has 148 valence electrons. The fourth-order valence-electron chi connectivity index (χ4n) is 2.41. The summed E-state index contributed by atoms with van der Waals surface area (Å²) in [6.07, 6.45) is 3.94. The van der Waals surface area contributed by atoms with Crippen LogP contribution in [0, 0.1) is 0 Å². The highest BCUT2D eigenvalue weighted by atomic mass is 32.2. The van der Waals surface area contributed by atoms with Crippen molar-refractivity contribution in [2.75, 3.05) is 24.7 Å². The van der Waals surface area contributed by atoms with Gasteiger partial charge in [0.15, 0.2) is 0 Å². The van der Waals surface area contributed by atoms with Crippen LogP contribution in [0.25, 0.3) is 0 Å². The fraction of sp³-hybridized carbons (Fsp3) is 0.250. The topological polar surface area (TPSA) is 133 Å². The van der Waals surface area contributed by atoms with Crippen molar-refractivity contribution in [2.24, 2.45) is 5.10 Å². The SMILES string of the molecule is CS(=O)c1coc(C=NN2CCN(C(=O)Nc3sccc3CC(=O)O)C2=O)c1. The monoisotopic (exact) mass is 424 g/mol. The number of aliphatic carboxylic acids is 1. The van der Waals surface area contributed by atoms with E-state index in [9.17, 15) is 18.6 Å². The van der Waals surface area contributed by atoms with Gasteiger partial charge in [0.2, 0.25) is 0 Å². The molecular formula is C16H16N4O6S2. The number of imide groups is 1. The number of hydrogen-bond donors (Lipinski definition) is 2. The first-order valence-electron chi connectivity index (χ1n) is 7.99. The lowest BCUT2D eigenvalue weighted by Crippen LogP contribution is -2.37. The van der Waals surface area contributed by atoms with Gasteiger partial charge in [-0.1, -0.05) is 0 Å². The number of hydrazone groups is 1. The van der Waals surface area contributed by atoms with E-state index in [0.29, 0.717) is 21.2 Å². The minimum atomic E-state index is -1.19. The van der Waals surface area contributed by atoms with Crippen LogP contribution in [-0.4, -0.2) is 62.8 Å². The van der Waals surface area contributed by atoms with Crippen molar-refractivity contribution in [3.8, 4) is 0 Å². The zero-order chi connectivity index (χ0) is 20.3. The van der Waals surface area contributed by atoms with Gasteiger partial charge < -0.3 is 9.52 Å². The van der Waals surface area contributed by atoms with E-state index in [-0.39, 0.29) is 19.5 Å². The smallest absolute Gasteiger partial charge is 0.348 e. The van der Waals surface area contributed by atoms with Crippen LogP contribution in [0.1, 0.15) is 11.3 Å². The molecule has 1 aliphatic rings. The number of nitrogens with one attached hydrogen (secondary N) is 1. The molecule has 2 aromatic rings. The lowest BCUT2D eigenvalue weighted by atomic mass is 10.2. The van der Waals surface area contributed by atoms with Crippen molar-refractivity contribution >= 4 is 51.4 Å². The maximum atomic E-state index is 12.4. The predicted octanol–water partition coefficient (Wildman–Crippen LogP) is 2.01. The molecule has 0 aliphatic carbocycles. The van der Waals surface area contributed by atoms with Gasteiger partial charge >= 0.3 is 18.0 Å². The third-order valence-electron chi connectivity index (χ3n) is 3.79. The van der Waals surface area contributed by atoms with Crippen LogP contribution in [-0.2, 0) is 22.0 Å². The van der Waals surface area contributed by atoms with Gasteiger partial charge in [-0.25, -0.2) is 19.5 Å². The number of urea groups is 2. The van der Waals surface area contributed by atoms with E-state index in [1.54, 1.807) is 17.5 Å². The van der Waals surface area contributed by atoms with Crippen LogP contribution >= 0.6 is 11.3 Å². The average Bonchev–Trinajstić information content (AvgIpc) is 3.34. The quantitative estimate of drug-likeness (QED) is 0.682. The summed E-state index contributed by atoms with van der Waals surface area (Å²) in [7, 11) is -1.19. The number of hydrogen-bond acceptors (Lipinski definition) is 7. The molecule has 0 spiro atoms. The van der Waals surface area contributed by atoms with Crippen LogP contribution in [0.4, 0.5) is 14.6 Å². The van der Waals surface area contributed by atoms with Crippen molar-refractivity contribution in [3.05, 3.63) is 35.1 Å². The van der Waals surface area contributed by atoms with Crippen LogP contribution in [0.3, 0.4) is 0 Å². The maximum absolute atomic E-state index is 12.4. The Morgan fingerprint density at radius 3 is 2.93 bits per heavy atom. The first-order valence-corrected chi connectivity index (χ1v) is 10.4. The van der Waals surface area contributed by atoms with Crippen molar-refractivity contribution in [1.82, 2.24) is 9.91 Å². The molecule has 1 aliphatic heterocycles. The summed E-state index contributed by atoms with van der Waals surface area (Å²) in [5.74, 6) is -0.683. The molecule has 0 aromatic carbocycles. The Morgan fingerprint density at radius 1 is 1.46 bits per heavy atom. The Hall–Kier alpha value is -2.99. The summed E-state index contributed by atoms with van der Waals surface area (Å²) in [5.41, 5.74) is 0.467. The highest BCUT2D eigenvalue weighted by Gasteiger charge is 2.33. The number of rotatable bonds is 6. The van der Waals surface area contributed by atoms with Gasteiger partial charge in [-0.05, 0) is 17.0 Å². The zero-order valence-electron chi connectivity index (χ0n) is 14.7. The molecule has 1 saturated heterocycles. The summed E-state index contributed by atoms with van der Waals surface area (Å²) in [5, 5.41) is 18.6. The predicted molar refractivity (Wildman–Crippen MR) is 102 cm³/mol. The largest absolute Gasteiger partial charge is 0.481 e. The van der Waals surface area contributed by atoms with E-state index in [2.05, 4.69) is 10.4 Å². The molecule has 1 fully saturated rings. The Balaban J connectivity index is 1.62. The van der Waals surface area contributed by atoms with Gasteiger partial charge in [0.1, 0.15) is 17.0 Å². The number of carbonyl (C=O) groups excluding carboxylic acids is 2. The van der Waals surface area contributed by atoms with Crippen LogP contribution < -0.4 is 5.32 Å². The van der Waals surface area contributed by atoms with E-state index in [4.69, 9.17) is 9.52 Å². The number of amides is 4. The summed E-state index contributed by atoms with van der Waals surface area (Å²) in [6.45, 7) is 0.326. The Labute approximate surface area is 165 Å². The molecule has 1 unspecified atom stereocenters. The van der Waals surface area contributed by atoms with Gasteiger partial charge in [-0.3, -0.25) is 14.3 Å².